The molecule has 0 spiro atoms. The molecule has 3 rings (SSSR count). The van der Waals surface area contributed by atoms with Crippen LogP contribution in [0.4, 0.5) is 5.69 Å². The van der Waals surface area contributed by atoms with E-state index in [1.54, 1.807) is 13.0 Å². The maximum atomic E-state index is 13.2. The van der Waals surface area contributed by atoms with Crippen LogP contribution < -0.4 is 14.2 Å². The van der Waals surface area contributed by atoms with E-state index < -0.39 is 10.0 Å². The molecule has 0 fully saturated rings. The number of hydrogen-bond acceptors (Lipinski definition) is 5. The van der Waals surface area contributed by atoms with E-state index in [9.17, 15) is 8.42 Å². The lowest BCUT2D eigenvalue weighted by Gasteiger charge is -2.17. The van der Waals surface area contributed by atoms with E-state index in [1.165, 1.54) is 25.8 Å². The predicted octanol–water partition coefficient (Wildman–Crippen LogP) is 4.17. The summed E-state index contributed by atoms with van der Waals surface area (Å²) in [6.07, 6.45) is 1.12. The molecule has 0 saturated heterocycles. The molecule has 7 heteroatoms. The maximum absolute atomic E-state index is 13.2. The molecule has 0 aliphatic carbocycles. The molecule has 1 heterocycles. The Hall–Kier alpha value is -2.25. The smallest absolute Gasteiger partial charge is 0.262 e. The van der Waals surface area contributed by atoms with E-state index in [2.05, 4.69) is 29.5 Å². The van der Waals surface area contributed by atoms with E-state index in [0.717, 1.165) is 31.6 Å². The normalized spacial score (nSPS) is 14.1. The molecule has 1 aliphatic heterocycles. The number of methoxy groups -OCH3 is 2. The van der Waals surface area contributed by atoms with Gasteiger partial charge in [-0.05, 0) is 54.6 Å². The van der Waals surface area contributed by atoms with Gasteiger partial charge in [-0.15, -0.1) is 0 Å². The number of hydrogen-bond donors (Lipinski definition) is 1. The lowest BCUT2D eigenvalue weighted by atomic mass is 10.1. The van der Waals surface area contributed by atoms with E-state index in [4.69, 9.17) is 9.47 Å². The lowest BCUT2D eigenvalue weighted by Crippen LogP contribution is -2.19. The molecule has 158 valence electrons. The fraction of sp³-hybridized carbons (Fsp3) is 0.455. The van der Waals surface area contributed by atoms with Crippen molar-refractivity contribution in [3.8, 4) is 11.5 Å². The molecular formula is C22H30N2O4S. The monoisotopic (exact) mass is 418 g/mol. The highest BCUT2D eigenvalue weighted by Crippen LogP contribution is 2.35. The van der Waals surface area contributed by atoms with Crippen LogP contribution >= 0.6 is 0 Å². The van der Waals surface area contributed by atoms with Gasteiger partial charge in [0, 0.05) is 19.2 Å². The summed E-state index contributed by atoms with van der Waals surface area (Å²) in [6.45, 7) is 8.80. The number of rotatable bonds is 8. The molecule has 0 unspecified atom stereocenters. The minimum atomic E-state index is -3.77. The first-order valence-corrected chi connectivity index (χ1v) is 11.3. The van der Waals surface area contributed by atoms with E-state index in [1.807, 2.05) is 12.1 Å². The summed E-state index contributed by atoms with van der Waals surface area (Å²) in [5.74, 6) is 1.53. The number of fused-ring (bicyclic) bond motifs is 1. The summed E-state index contributed by atoms with van der Waals surface area (Å²) in [6, 6.07) is 9.00. The van der Waals surface area contributed by atoms with E-state index in [-0.39, 0.29) is 4.90 Å². The first-order chi connectivity index (χ1) is 13.7. The Bertz CT molecular complexity index is 987. The molecule has 0 aromatic heterocycles. The number of anilines is 1. The summed E-state index contributed by atoms with van der Waals surface area (Å²) in [4.78, 5) is 2.55. The van der Waals surface area contributed by atoms with Gasteiger partial charge in [-0.25, -0.2) is 8.42 Å². The molecule has 0 amide bonds. The second-order valence-electron chi connectivity index (χ2n) is 7.91. The van der Waals surface area contributed by atoms with Crippen LogP contribution in [-0.2, 0) is 23.1 Å². The number of benzene rings is 2. The first kappa shape index (κ1) is 21.5. The Morgan fingerprint density at radius 3 is 2.45 bits per heavy atom. The zero-order chi connectivity index (χ0) is 21.2. The topological polar surface area (TPSA) is 67.9 Å². The van der Waals surface area contributed by atoms with Gasteiger partial charge in [-0.1, -0.05) is 26.0 Å². The van der Waals surface area contributed by atoms with Crippen LogP contribution in [0.15, 0.2) is 35.2 Å². The first-order valence-electron chi connectivity index (χ1n) is 9.83. The highest BCUT2D eigenvalue weighted by molar-refractivity contribution is 7.92. The third-order valence-corrected chi connectivity index (χ3v) is 6.79. The number of nitrogens with one attached hydrogen (secondary N) is 1. The molecule has 29 heavy (non-hydrogen) atoms. The third-order valence-electron chi connectivity index (χ3n) is 5.29. The minimum absolute atomic E-state index is 0.183. The van der Waals surface area contributed by atoms with Crippen LogP contribution in [0.3, 0.4) is 0 Å². The average Bonchev–Trinajstić information content (AvgIpc) is 3.10. The second kappa shape index (κ2) is 8.63. The lowest BCUT2D eigenvalue weighted by molar-refractivity contribution is 0.266. The third kappa shape index (κ3) is 4.67. The zero-order valence-corrected chi connectivity index (χ0v) is 18.6. The molecule has 2 aromatic carbocycles. The Morgan fingerprint density at radius 2 is 1.79 bits per heavy atom. The van der Waals surface area contributed by atoms with Gasteiger partial charge in [0.2, 0.25) is 0 Å². The highest BCUT2D eigenvalue weighted by atomic mass is 32.2. The van der Waals surface area contributed by atoms with Crippen LogP contribution in [-0.4, -0.2) is 34.1 Å². The van der Waals surface area contributed by atoms with Gasteiger partial charge in [0.25, 0.3) is 10.0 Å². The van der Waals surface area contributed by atoms with Gasteiger partial charge >= 0.3 is 0 Å². The van der Waals surface area contributed by atoms with E-state index in [0.29, 0.717) is 28.7 Å². The van der Waals surface area contributed by atoms with Crippen molar-refractivity contribution in [2.24, 2.45) is 5.92 Å². The summed E-state index contributed by atoms with van der Waals surface area (Å²) >= 11 is 0. The Balaban J connectivity index is 1.88. The molecule has 0 atom stereocenters. The summed E-state index contributed by atoms with van der Waals surface area (Å²) < 4.78 is 39.7. The molecule has 0 bridgehead atoms. The van der Waals surface area contributed by atoms with Crippen LogP contribution in [0, 0.1) is 12.8 Å². The summed E-state index contributed by atoms with van der Waals surface area (Å²) in [5.41, 5.74) is 3.47. The zero-order valence-electron chi connectivity index (χ0n) is 17.8. The number of aryl methyl sites for hydroxylation is 1. The predicted molar refractivity (Wildman–Crippen MR) is 115 cm³/mol. The molecule has 0 radical (unpaired) electrons. The van der Waals surface area contributed by atoms with Crippen molar-refractivity contribution in [1.82, 2.24) is 4.90 Å². The van der Waals surface area contributed by atoms with Crippen LogP contribution in [0.2, 0.25) is 0 Å². The van der Waals surface area contributed by atoms with Crippen molar-refractivity contribution in [3.05, 3.63) is 47.0 Å². The van der Waals surface area contributed by atoms with Crippen molar-refractivity contribution >= 4 is 15.7 Å². The van der Waals surface area contributed by atoms with Crippen LogP contribution in [0.5, 0.6) is 11.5 Å². The highest BCUT2D eigenvalue weighted by Gasteiger charge is 2.25. The fourth-order valence-electron chi connectivity index (χ4n) is 3.64. The van der Waals surface area contributed by atoms with Gasteiger partial charge in [0.1, 0.15) is 0 Å². The summed E-state index contributed by atoms with van der Waals surface area (Å²) in [7, 11) is -0.748. The Labute approximate surface area is 173 Å². The van der Waals surface area contributed by atoms with Crippen molar-refractivity contribution in [3.63, 3.8) is 0 Å². The number of sulfonamides is 1. The molecule has 2 aromatic rings. The molecule has 1 N–H and O–H groups in total. The Kier molecular flexibility index (Phi) is 6.39. The largest absolute Gasteiger partial charge is 0.493 e. The minimum Gasteiger partial charge on any atom is -0.493 e. The van der Waals surface area contributed by atoms with Crippen molar-refractivity contribution < 1.29 is 17.9 Å². The second-order valence-corrected chi connectivity index (χ2v) is 9.57. The SMILES string of the molecule is COc1cc(C)c(S(=O)(=O)Nc2cccc3c2CN(CCC(C)C)C3)cc1OC. The van der Waals surface area contributed by atoms with Gasteiger partial charge in [-0.3, -0.25) is 9.62 Å². The average molecular weight is 419 g/mol. The molecule has 0 saturated carbocycles. The van der Waals surface area contributed by atoms with Crippen molar-refractivity contribution in [2.75, 3.05) is 25.5 Å². The van der Waals surface area contributed by atoms with Gasteiger partial charge in [0.05, 0.1) is 24.8 Å². The van der Waals surface area contributed by atoms with Gasteiger partial charge in [-0.2, -0.15) is 0 Å². The van der Waals surface area contributed by atoms with Gasteiger partial charge in [0.15, 0.2) is 11.5 Å². The number of ether oxygens (including phenoxy) is 2. The fourth-order valence-corrected chi connectivity index (χ4v) is 4.97. The Morgan fingerprint density at radius 1 is 1.10 bits per heavy atom. The number of nitrogens with zero attached hydrogens (tertiary/aromatic N) is 1. The summed E-state index contributed by atoms with van der Waals surface area (Å²) in [5, 5.41) is 0. The van der Waals surface area contributed by atoms with Crippen molar-refractivity contribution in [1.29, 1.82) is 0 Å². The van der Waals surface area contributed by atoms with Crippen molar-refractivity contribution in [2.45, 2.75) is 45.2 Å². The van der Waals surface area contributed by atoms with Crippen LogP contribution in [0.25, 0.3) is 0 Å². The van der Waals surface area contributed by atoms with E-state index >= 15 is 0 Å². The quantitative estimate of drug-likeness (QED) is 0.697. The molecular weight excluding hydrogens is 388 g/mol. The molecule has 6 nitrogen and oxygen atoms in total. The standard InChI is InChI=1S/C22H30N2O4S/c1-15(2)9-10-24-13-17-7-6-8-19(18(17)14-24)23-29(25,26)22-12-21(28-5)20(27-4)11-16(22)3/h6-8,11-12,15,23H,9-10,13-14H2,1-5H3. The molecule has 1 aliphatic rings. The van der Waals surface area contributed by atoms with Crippen LogP contribution in [0.1, 0.15) is 37.0 Å². The van der Waals surface area contributed by atoms with Gasteiger partial charge < -0.3 is 9.47 Å². The maximum Gasteiger partial charge on any atom is 0.262 e.